The molecule has 2 aromatic carbocycles. The van der Waals surface area contributed by atoms with E-state index in [0.717, 1.165) is 0 Å². The van der Waals surface area contributed by atoms with Gasteiger partial charge in [0.05, 0.1) is 23.9 Å². The molecule has 12 nitrogen and oxygen atoms in total. The van der Waals surface area contributed by atoms with Crippen LogP contribution in [0.15, 0.2) is 65.1 Å². The summed E-state index contributed by atoms with van der Waals surface area (Å²) < 4.78 is 6.00. The van der Waals surface area contributed by atoms with Crippen molar-refractivity contribution in [3.05, 3.63) is 81.8 Å². The van der Waals surface area contributed by atoms with Gasteiger partial charge in [0.25, 0.3) is 5.91 Å². The van der Waals surface area contributed by atoms with Crippen LogP contribution in [0, 0.1) is 11.8 Å². The Morgan fingerprint density at radius 2 is 1.69 bits per heavy atom. The standard InChI is InChI=1S/C30H31N3O9/c1-12-15-5-4-6-16(34)19(15)24(36)20-18(12)26(42-17(35)11-13-7-9-14(31)10-8-13)22-23(33(2)3)25(37)21(29(32)40)28(39)30(22,41)27(20)38/h4-10,12,18,22-23,26,34,37-38,41H,11,31H2,1-3H3,(H2,32,40)/t12-,18-,22-,23-,26-,30-/m1/s1. The molecule has 0 radical (unpaired) electrons. The number of nitrogens with two attached hydrogens (primary N) is 2. The Morgan fingerprint density at radius 1 is 1.05 bits per heavy atom. The molecule has 42 heavy (non-hydrogen) atoms. The highest BCUT2D eigenvalue weighted by Gasteiger charge is 2.68. The number of phenols is 1. The number of benzene rings is 2. The molecule has 2 aromatic rings. The van der Waals surface area contributed by atoms with Crippen LogP contribution in [0.5, 0.6) is 5.75 Å². The van der Waals surface area contributed by atoms with Gasteiger partial charge >= 0.3 is 5.97 Å². The maximum Gasteiger partial charge on any atom is 0.310 e. The fourth-order valence-electron chi connectivity index (χ4n) is 6.69. The monoisotopic (exact) mass is 577 g/mol. The summed E-state index contributed by atoms with van der Waals surface area (Å²) in [5.74, 6) is -10.1. The number of rotatable bonds is 5. The first kappa shape index (κ1) is 28.8. The molecule has 0 aliphatic heterocycles. The molecule has 1 amide bonds. The van der Waals surface area contributed by atoms with E-state index in [1.54, 1.807) is 37.3 Å². The Balaban J connectivity index is 1.75. The number of aliphatic hydroxyl groups is 3. The van der Waals surface area contributed by atoms with Crippen molar-refractivity contribution >= 4 is 29.1 Å². The first-order valence-electron chi connectivity index (χ1n) is 13.2. The van der Waals surface area contributed by atoms with E-state index in [4.69, 9.17) is 16.2 Å². The Morgan fingerprint density at radius 3 is 2.29 bits per heavy atom. The number of primary amides is 1. The van der Waals surface area contributed by atoms with Crippen LogP contribution in [-0.4, -0.2) is 80.6 Å². The van der Waals surface area contributed by atoms with Gasteiger partial charge in [0.1, 0.15) is 28.9 Å². The largest absolute Gasteiger partial charge is 0.510 e. The lowest BCUT2D eigenvalue weighted by Gasteiger charge is -2.54. The second kappa shape index (κ2) is 10.00. The molecule has 0 fully saturated rings. The summed E-state index contributed by atoms with van der Waals surface area (Å²) in [6.07, 6.45) is -1.72. The lowest BCUT2D eigenvalue weighted by Crippen LogP contribution is -2.69. The Kier molecular flexibility index (Phi) is 6.86. The van der Waals surface area contributed by atoms with E-state index < -0.39 is 81.6 Å². The van der Waals surface area contributed by atoms with Crippen molar-refractivity contribution in [2.45, 2.75) is 37.0 Å². The maximum atomic E-state index is 13.9. The Hall–Kier alpha value is -4.68. The third kappa shape index (κ3) is 4.05. The molecule has 0 unspecified atom stereocenters. The van der Waals surface area contributed by atoms with Gasteiger partial charge in [-0.3, -0.25) is 24.1 Å². The predicted molar refractivity (Wildman–Crippen MR) is 148 cm³/mol. The van der Waals surface area contributed by atoms with Crippen molar-refractivity contribution in [2.75, 3.05) is 19.8 Å². The molecule has 8 N–H and O–H groups in total. The van der Waals surface area contributed by atoms with Gasteiger partial charge in [0, 0.05) is 17.2 Å². The highest BCUT2D eigenvalue weighted by Crippen LogP contribution is 2.56. The quantitative estimate of drug-likeness (QED) is 0.168. The molecular weight excluding hydrogens is 546 g/mol. The van der Waals surface area contributed by atoms with Gasteiger partial charge in [-0.1, -0.05) is 31.2 Å². The van der Waals surface area contributed by atoms with E-state index in [2.05, 4.69) is 0 Å². The van der Waals surface area contributed by atoms with Crippen LogP contribution in [0.3, 0.4) is 0 Å². The normalized spacial score (nSPS) is 28.7. The molecule has 0 aromatic heterocycles. The van der Waals surface area contributed by atoms with Crippen LogP contribution < -0.4 is 11.5 Å². The summed E-state index contributed by atoms with van der Waals surface area (Å²) in [7, 11) is 2.98. The molecule has 0 spiro atoms. The van der Waals surface area contributed by atoms with Crippen LogP contribution in [-0.2, 0) is 25.5 Å². The fraction of sp³-hybridized carbons (Fsp3) is 0.333. The minimum atomic E-state index is -3.00. The number of aliphatic hydroxyl groups excluding tert-OH is 2. The molecule has 12 heteroatoms. The van der Waals surface area contributed by atoms with Crippen LogP contribution in [0.4, 0.5) is 5.69 Å². The average Bonchev–Trinajstić information content (AvgIpc) is 2.91. The van der Waals surface area contributed by atoms with Crippen LogP contribution in [0.25, 0.3) is 0 Å². The van der Waals surface area contributed by atoms with E-state index in [1.807, 2.05) is 0 Å². The number of amides is 1. The fourth-order valence-corrected chi connectivity index (χ4v) is 6.69. The SMILES string of the molecule is C[C@@H]1c2cccc(O)c2C(=O)C2=C(O)[C@@]3(O)C(=O)C(C(N)=O)=C(O)[C@H](N(C)C)[C@@H]3[C@H](OC(=O)Cc3ccc(N)cc3)[C@@H]21. The summed E-state index contributed by atoms with van der Waals surface area (Å²) in [5, 5.41) is 45.4. The van der Waals surface area contributed by atoms with Crippen molar-refractivity contribution < 1.29 is 44.3 Å². The van der Waals surface area contributed by atoms with Gasteiger partial charge in [-0.15, -0.1) is 0 Å². The smallest absolute Gasteiger partial charge is 0.310 e. The van der Waals surface area contributed by atoms with Crippen molar-refractivity contribution in [1.29, 1.82) is 0 Å². The molecule has 0 bridgehead atoms. The van der Waals surface area contributed by atoms with Crippen LogP contribution >= 0.6 is 0 Å². The average molecular weight is 578 g/mol. The zero-order valence-electron chi connectivity index (χ0n) is 23.1. The second-order valence-electron chi connectivity index (χ2n) is 11.2. The van der Waals surface area contributed by atoms with Crippen molar-refractivity contribution in [3.8, 4) is 5.75 Å². The first-order chi connectivity index (χ1) is 19.7. The number of aromatic hydroxyl groups is 1. The third-order valence-electron chi connectivity index (χ3n) is 8.56. The number of nitrogen functional groups attached to an aromatic ring is 1. The van der Waals surface area contributed by atoms with E-state index in [1.165, 1.54) is 31.1 Å². The van der Waals surface area contributed by atoms with Gasteiger partial charge in [-0.25, -0.2) is 0 Å². The predicted octanol–water partition coefficient (Wildman–Crippen LogP) is 1.03. The molecular formula is C30H31N3O9. The minimum Gasteiger partial charge on any atom is -0.510 e. The van der Waals surface area contributed by atoms with Crippen LogP contribution in [0.2, 0.25) is 0 Å². The van der Waals surface area contributed by atoms with E-state index >= 15 is 0 Å². The van der Waals surface area contributed by atoms with Gasteiger partial charge in [0.2, 0.25) is 5.78 Å². The molecule has 0 saturated heterocycles. The lowest BCUT2D eigenvalue weighted by molar-refractivity contribution is -0.180. The first-order valence-corrected chi connectivity index (χ1v) is 13.2. The molecule has 3 aliphatic rings. The summed E-state index contributed by atoms with van der Waals surface area (Å²) >= 11 is 0. The number of nitrogens with zero attached hydrogens (tertiary/aromatic N) is 1. The van der Waals surface area contributed by atoms with Crippen LogP contribution in [0.1, 0.15) is 34.3 Å². The highest BCUT2D eigenvalue weighted by atomic mass is 16.5. The van der Waals surface area contributed by atoms with Crippen molar-refractivity contribution in [1.82, 2.24) is 4.90 Å². The molecule has 5 rings (SSSR count). The number of esters is 1. The zero-order valence-corrected chi connectivity index (χ0v) is 23.1. The van der Waals surface area contributed by atoms with Gasteiger partial charge in [0.15, 0.2) is 11.4 Å². The second-order valence-corrected chi connectivity index (χ2v) is 11.2. The van der Waals surface area contributed by atoms with E-state index in [9.17, 15) is 39.6 Å². The maximum absolute atomic E-state index is 13.9. The number of Topliss-reactive ketones (excluding diaryl/α,β-unsaturated/α-hetero) is 2. The number of ether oxygens (including phenoxy) is 1. The number of carbonyl (C=O) groups is 4. The Bertz CT molecular complexity index is 1590. The highest BCUT2D eigenvalue weighted by molar-refractivity contribution is 6.25. The number of fused-ring (bicyclic) bond motifs is 3. The van der Waals surface area contributed by atoms with Crippen molar-refractivity contribution in [2.24, 2.45) is 17.6 Å². The summed E-state index contributed by atoms with van der Waals surface area (Å²) in [4.78, 5) is 54.8. The van der Waals surface area contributed by atoms with E-state index in [0.29, 0.717) is 16.8 Å². The molecule has 6 atom stereocenters. The minimum absolute atomic E-state index is 0.141. The zero-order chi connectivity index (χ0) is 30.8. The number of phenolic OH excluding ortho intramolecular Hbond substituents is 1. The molecule has 0 saturated carbocycles. The van der Waals surface area contributed by atoms with Crippen molar-refractivity contribution in [3.63, 3.8) is 0 Å². The lowest BCUT2D eigenvalue weighted by atomic mass is 9.55. The number of anilines is 1. The van der Waals surface area contributed by atoms with E-state index in [-0.39, 0.29) is 17.7 Å². The van der Waals surface area contributed by atoms with Gasteiger partial charge in [-0.2, -0.15) is 0 Å². The number of hydrogen-bond acceptors (Lipinski definition) is 11. The Labute approximate surface area is 240 Å². The topological polar surface area (TPSA) is 214 Å². The summed E-state index contributed by atoms with van der Waals surface area (Å²) in [6.45, 7) is 1.69. The van der Waals surface area contributed by atoms with Gasteiger partial charge < -0.3 is 36.6 Å². The molecule has 3 aliphatic carbocycles. The summed E-state index contributed by atoms with van der Waals surface area (Å²) in [6, 6.07) is 9.51. The van der Waals surface area contributed by atoms with Gasteiger partial charge in [-0.05, 0) is 49.3 Å². The third-order valence-corrected chi connectivity index (χ3v) is 8.56. The number of likely N-dealkylation sites (N-methyl/N-ethyl adjacent to an activating group) is 1. The number of hydrogen-bond donors (Lipinski definition) is 6. The molecule has 0 heterocycles. The number of carbonyl (C=O) groups excluding carboxylic acids is 4. The molecule has 220 valence electrons. The number of ketones is 2. The summed E-state index contributed by atoms with van der Waals surface area (Å²) in [5.41, 5.74) is 8.03.